The van der Waals surface area contributed by atoms with Crippen LogP contribution in [0, 0.1) is 37.4 Å². The fourth-order valence-corrected chi connectivity index (χ4v) is 6.73. The Labute approximate surface area is 191 Å². The summed E-state index contributed by atoms with van der Waals surface area (Å²) in [7, 11) is 0. The van der Waals surface area contributed by atoms with E-state index < -0.39 is 0 Å². The molecule has 2 aliphatic carbocycles. The first-order chi connectivity index (χ1) is 15.5. The molecule has 3 aromatic rings. The van der Waals surface area contributed by atoms with Crippen molar-refractivity contribution in [3.05, 3.63) is 52.9 Å². The number of hydrogen-bond donors (Lipinski definition) is 0. The van der Waals surface area contributed by atoms with Crippen LogP contribution in [0.2, 0.25) is 0 Å². The summed E-state index contributed by atoms with van der Waals surface area (Å²) in [5.74, 6) is 4.42. The van der Waals surface area contributed by atoms with Gasteiger partial charge in [0, 0.05) is 17.4 Å². The second kappa shape index (κ2) is 8.89. The maximum atomic E-state index is 14.1. The van der Waals surface area contributed by atoms with Crippen LogP contribution in [0.25, 0.3) is 0 Å². The Kier molecular flexibility index (Phi) is 5.97. The Morgan fingerprint density at radius 1 is 1.22 bits per heavy atom. The van der Waals surface area contributed by atoms with E-state index >= 15 is 0 Å². The summed E-state index contributed by atoms with van der Waals surface area (Å²) >= 11 is 1.65. The Bertz CT molecular complexity index is 1080. The van der Waals surface area contributed by atoms with E-state index in [4.69, 9.17) is 9.26 Å². The predicted octanol–water partition coefficient (Wildman–Crippen LogP) is 5.89. The molecule has 2 fully saturated rings. The molecule has 2 heterocycles. The van der Waals surface area contributed by atoms with Gasteiger partial charge in [-0.3, -0.25) is 4.57 Å². The van der Waals surface area contributed by atoms with Crippen molar-refractivity contribution in [3.63, 3.8) is 0 Å². The molecular weight excluding hydrogens is 427 g/mol. The molecule has 4 unspecified atom stereocenters. The number of fused-ring (bicyclic) bond motifs is 2. The lowest BCUT2D eigenvalue weighted by Gasteiger charge is -2.30. The highest BCUT2D eigenvalue weighted by Gasteiger charge is 2.43. The molecule has 0 aliphatic heterocycles. The van der Waals surface area contributed by atoms with Crippen molar-refractivity contribution in [1.29, 1.82) is 0 Å². The van der Waals surface area contributed by atoms with Gasteiger partial charge in [-0.25, -0.2) is 4.39 Å². The molecule has 32 heavy (non-hydrogen) atoms. The minimum atomic E-state index is -0.368. The summed E-state index contributed by atoms with van der Waals surface area (Å²) < 4.78 is 27.4. The zero-order valence-electron chi connectivity index (χ0n) is 18.8. The van der Waals surface area contributed by atoms with Crippen molar-refractivity contribution in [3.8, 4) is 5.75 Å². The van der Waals surface area contributed by atoms with Gasteiger partial charge in [-0.2, -0.15) is 0 Å². The van der Waals surface area contributed by atoms with E-state index in [1.165, 1.54) is 31.7 Å². The molecule has 6 nitrogen and oxygen atoms in total. The maximum absolute atomic E-state index is 14.1. The van der Waals surface area contributed by atoms with E-state index in [0.717, 1.165) is 45.6 Å². The lowest BCUT2D eigenvalue weighted by atomic mass is 9.84. The van der Waals surface area contributed by atoms with Gasteiger partial charge in [0.1, 0.15) is 12.4 Å². The second-order valence-corrected chi connectivity index (χ2v) is 10.1. The van der Waals surface area contributed by atoms with Crippen LogP contribution >= 0.6 is 11.8 Å². The Morgan fingerprint density at radius 3 is 2.75 bits per heavy atom. The minimum Gasteiger partial charge on any atom is -0.483 e. The molecule has 0 amide bonds. The van der Waals surface area contributed by atoms with Crippen LogP contribution in [0.4, 0.5) is 4.39 Å². The van der Waals surface area contributed by atoms with Crippen LogP contribution in [0.15, 0.2) is 33.9 Å². The normalized spacial score (nSPS) is 23.1. The molecule has 8 heteroatoms. The number of halogens is 1. The number of ether oxygens (including phenoxy) is 1. The quantitative estimate of drug-likeness (QED) is 0.394. The second-order valence-electron chi connectivity index (χ2n) is 9.16. The first-order valence-corrected chi connectivity index (χ1v) is 12.4. The van der Waals surface area contributed by atoms with Crippen molar-refractivity contribution in [2.24, 2.45) is 17.8 Å². The zero-order chi connectivity index (χ0) is 22.2. The molecule has 5 rings (SSSR count). The number of para-hydroxylation sites is 1. The van der Waals surface area contributed by atoms with Gasteiger partial charge < -0.3 is 9.26 Å². The highest BCUT2D eigenvalue weighted by Crippen LogP contribution is 2.52. The molecule has 2 bridgehead atoms. The lowest BCUT2D eigenvalue weighted by Crippen LogP contribution is -2.24. The van der Waals surface area contributed by atoms with Gasteiger partial charge in [-0.15, -0.1) is 10.2 Å². The molecule has 4 atom stereocenters. The van der Waals surface area contributed by atoms with E-state index in [1.54, 1.807) is 30.0 Å². The smallest absolute Gasteiger partial charge is 0.191 e. The van der Waals surface area contributed by atoms with Gasteiger partial charge in [0.25, 0.3) is 0 Å². The summed E-state index contributed by atoms with van der Waals surface area (Å²) in [4.78, 5) is 0. The van der Waals surface area contributed by atoms with Crippen LogP contribution in [0.3, 0.4) is 0 Å². The van der Waals surface area contributed by atoms with Gasteiger partial charge in [0.15, 0.2) is 22.5 Å². The average Bonchev–Trinajstić information content (AvgIpc) is 3.57. The fourth-order valence-electron chi connectivity index (χ4n) is 5.54. The lowest BCUT2D eigenvalue weighted by molar-refractivity contribution is 0.215. The predicted molar refractivity (Wildman–Crippen MR) is 120 cm³/mol. The molecule has 0 spiro atoms. The van der Waals surface area contributed by atoms with E-state index in [1.807, 2.05) is 13.8 Å². The molecule has 0 N–H and O–H groups in total. The Balaban J connectivity index is 1.40. The first kappa shape index (κ1) is 21.5. The van der Waals surface area contributed by atoms with E-state index in [9.17, 15) is 4.39 Å². The molecule has 0 radical (unpaired) electrons. The number of hydrogen-bond acceptors (Lipinski definition) is 6. The summed E-state index contributed by atoms with van der Waals surface area (Å²) in [6.45, 7) is 6.36. The molecular formula is C24H29FN4O2S. The van der Waals surface area contributed by atoms with E-state index in [-0.39, 0.29) is 24.2 Å². The fraction of sp³-hybridized carbons (Fsp3) is 0.542. The third-order valence-electron chi connectivity index (χ3n) is 7.28. The Hall–Kier alpha value is -2.35. The largest absolute Gasteiger partial charge is 0.483 e. The average molecular weight is 457 g/mol. The van der Waals surface area contributed by atoms with Crippen molar-refractivity contribution in [1.82, 2.24) is 19.9 Å². The molecule has 170 valence electrons. The minimum absolute atomic E-state index is 0.185. The van der Waals surface area contributed by atoms with Crippen LogP contribution < -0.4 is 4.74 Å². The number of nitrogens with zero attached hydrogens (tertiary/aromatic N) is 4. The highest BCUT2D eigenvalue weighted by molar-refractivity contribution is 7.98. The summed E-state index contributed by atoms with van der Waals surface area (Å²) in [6, 6.07) is 6.74. The number of aryl methyl sites for hydroxylation is 2. The van der Waals surface area contributed by atoms with Crippen molar-refractivity contribution >= 4 is 11.8 Å². The van der Waals surface area contributed by atoms with Crippen molar-refractivity contribution < 1.29 is 13.7 Å². The van der Waals surface area contributed by atoms with Gasteiger partial charge in [-0.05, 0) is 69.9 Å². The Morgan fingerprint density at radius 2 is 2.06 bits per heavy atom. The van der Waals surface area contributed by atoms with E-state index in [0.29, 0.717) is 5.92 Å². The summed E-state index contributed by atoms with van der Waals surface area (Å²) in [5, 5.41) is 13.9. The van der Waals surface area contributed by atoms with Crippen LogP contribution in [-0.2, 0) is 12.4 Å². The molecule has 1 aromatic carbocycles. The van der Waals surface area contributed by atoms with Crippen LogP contribution in [0.1, 0.15) is 61.5 Å². The molecule has 2 aliphatic rings. The summed E-state index contributed by atoms with van der Waals surface area (Å²) in [6.07, 6.45) is 5.31. The van der Waals surface area contributed by atoms with Gasteiger partial charge in [0.2, 0.25) is 0 Å². The van der Waals surface area contributed by atoms with Crippen LogP contribution in [-0.4, -0.2) is 19.9 Å². The van der Waals surface area contributed by atoms with Crippen molar-refractivity contribution in [2.75, 3.05) is 0 Å². The SMILES string of the molecule is Cc1noc(C)c1CSc1nnc(COc2ccccc2F)n1C(C)C1CC2CCC1C2. The van der Waals surface area contributed by atoms with E-state index in [2.05, 4.69) is 26.8 Å². The molecule has 2 saturated carbocycles. The number of benzene rings is 1. The van der Waals surface area contributed by atoms with Gasteiger partial charge >= 0.3 is 0 Å². The summed E-state index contributed by atoms with van der Waals surface area (Å²) in [5.41, 5.74) is 2.01. The molecule has 0 saturated heterocycles. The third kappa shape index (κ3) is 4.05. The zero-order valence-corrected chi connectivity index (χ0v) is 19.6. The topological polar surface area (TPSA) is 66.0 Å². The highest BCUT2D eigenvalue weighted by atomic mass is 32.2. The number of aromatic nitrogens is 4. The standard InChI is InChI=1S/C24H29FN4O2S/c1-14-20(16(3)31-28-14)13-32-24-27-26-23(12-30-22-7-5-4-6-21(22)25)29(24)15(2)19-11-17-8-9-18(19)10-17/h4-7,15,17-19H,8-13H2,1-3H3. The molecule has 2 aromatic heterocycles. The monoisotopic (exact) mass is 456 g/mol. The van der Waals surface area contributed by atoms with Crippen LogP contribution in [0.5, 0.6) is 5.75 Å². The first-order valence-electron chi connectivity index (χ1n) is 11.4. The number of thioether (sulfide) groups is 1. The van der Waals surface area contributed by atoms with Crippen molar-refractivity contribution in [2.45, 2.75) is 70.0 Å². The maximum Gasteiger partial charge on any atom is 0.191 e. The third-order valence-corrected chi connectivity index (χ3v) is 8.24. The van der Waals surface area contributed by atoms with Gasteiger partial charge in [0.05, 0.1) is 5.69 Å². The number of rotatable bonds is 8. The van der Waals surface area contributed by atoms with Gasteiger partial charge in [-0.1, -0.05) is 35.5 Å².